The van der Waals surface area contributed by atoms with Crippen LogP contribution in [-0.2, 0) is 0 Å². The van der Waals surface area contributed by atoms with Crippen LogP contribution < -0.4 is 5.73 Å². The van der Waals surface area contributed by atoms with Crippen LogP contribution in [0.25, 0.3) is 0 Å². The molecule has 20 heavy (non-hydrogen) atoms. The SMILES string of the molecule is CCCCN(C(=O)c1cc(N)cc(Cl)c1Cl)C(C)CC. The van der Waals surface area contributed by atoms with Crippen molar-refractivity contribution in [1.29, 1.82) is 0 Å². The number of halogens is 2. The molecule has 1 rings (SSSR count). The van der Waals surface area contributed by atoms with Gasteiger partial charge in [-0.2, -0.15) is 0 Å². The molecular weight excluding hydrogens is 295 g/mol. The Kier molecular flexibility index (Phi) is 6.63. The monoisotopic (exact) mass is 316 g/mol. The Bertz CT molecular complexity index is 477. The highest BCUT2D eigenvalue weighted by Crippen LogP contribution is 2.30. The van der Waals surface area contributed by atoms with E-state index in [-0.39, 0.29) is 17.0 Å². The Morgan fingerprint density at radius 3 is 2.55 bits per heavy atom. The number of rotatable bonds is 6. The van der Waals surface area contributed by atoms with Gasteiger partial charge in [0.1, 0.15) is 0 Å². The van der Waals surface area contributed by atoms with Gasteiger partial charge in [0, 0.05) is 18.3 Å². The predicted octanol–water partition coefficient (Wildman–Crippen LogP) is 4.62. The fourth-order valence-electron chi connectivity index (χ4n) is 1.99. The molecule has 112 valence electrons. The Labute approximate surface area is 131 Å². The van der Waals surface area contributed by atoms with Crippen LogP contribution in [0.5, 0.6) is 0 Å². The zero-order valence-corrected chi connectivity index (χ0v) is 13.8. The van der Waals surface area contributed by atoms with Gasteiger partial charge in [0.2, 0.25) is 0 Å². The van der Waals surface area contributed by atoms with Crippen molar-refractivity contribution in [3.05, 3.63) is 27.7 Å². The third kappa shape index (κ3) is 4.03. The van der Waals surface area contributed by atoms with Crippen LogP contribution in [0.1, 0.15) is 50.4 Å². The summed E-state index contributed by atoms with van der Waals surface area (Å²) in [5, 5.41) is 0.588. The summed E-state index contributed by atoms with van der Waals surface area (Å²) in [6, 6.07) is 3.31. The molecule has 0 bridgehead atoms. The number of unbranched alkanes of at least 4 members (excludes halogenated alkanes) is 1. The fraction of sp³-hybridized carbons (Fsp3) is 0.533. The molecule has 0 spiro atoms. The molecular formula is C15H22Cl2N2O. The zero-order chi connectivity index (χ0) is 15.3. The van der Waals surface area contributed by atoms with E-state index in [4.69, 9.17) is 28.9 Å². The summed E-state index contributed by atoms with van der Waals surface area (Å²) < 4.78 is 0. The van der Waals surface area contributed by atoms with E-state index in [0.717, 1.165) is 19.3 Å². The van der Waals surface area contributed by atoms with Crippen molar-refractivity contribution in [2.24, 2.45) is 0 Å². The van der Waals surface area contributed by atoms with Gasteiger partial charge >= 0.3 is 0 Å². The van der Waals surface area contributed by atoms with Crippen LogP contribution in [0.2, 0.25) is 10.0 Å². The Morgan fingerprint density at radius 1 is 1.35 bits per heavy atom. The molecule has 0 aromatic heterocycles. The van der Waals surface area contributed by atoms with Gasteiger partial charge in [-0.05, 0) is 31.9 Å². The van der Waals surface area contributed by atoms with Crippen LogP contribution >= 0.6 is 23.2 Å². The predicted molar refractivity (Wildman–Crippen MR) is 86.6 cm³/mol. The largest absolute Gasteiger partial charge is 0.399 e. The molecule has 1 atom stereocenters. The number of nitrogens with two attached hydrogens (primary N) is 1. The van der Waals surface area contributed by atoms with Gasteiger partial charge in [-0.25, -0.2) is 0 Å². The molecule has 0 aliphatic heterocycles. The second-order valence-electron chi connectivity index (χ2n) is 4.97. The summed E-state index contributed by atoms with van der Waals surface area (Å²) >= 11 is 12.2. The Balaban J connectivity index is 3.11. The summed E-state index contributed by atoms with van der Waals surface area (Å²) in [6.07, 6.45) is 2.89. The molecule has 0 aliphatic rings. The molecule has 0 fully saturated rings. The zero-order valence-electron chi connectivity index (χ0n) is 12.2. The topological polar surface area (TPSA) is 46.3 Å². The number of anilines is 1. The molecule has 5 heteroatoms. The number of carbonyl (C=O) groups excluding carboxylic acids is 1. The van der Waals surface area contributed by atoms with Gasteiger partial charge in [-0.1, -0.05) is 43.5 Å². The van der Waals surface area contributed by atoms with Gasteiger partial charge in [-0.3, -0.25) is 4.79 Å². The van der Waals surface area contributed by atoms with Gasteiger partial charge in [0.05, 0.1) is 15.6 Å². The standard InChI is InChI=1S/C15H22Cl2N2O/c1-4-6-7-19(10(3)5-2)15(20)12-8-11(18)9-13(16)14(12)17/h8-10H,4-7,18H2,1-3H3. The van der Waals surface area contributed by atoms with Gasteiger partial charge < -0.3 is 10.6 Å². The van der Waals surface area contributed by atoms with E-state index in [1.807, 2.05) is 11.8 Å². The molecule has 0 aliphatic carbocycles. The Hall–Kier alpha value is -0.930. The van der Waals surface area contributed by atoms with Crippen molar-refractivity contribution in [2.75, 3.05) is 12.3 Å². The first-order valence-corrected chi connectivity index (χ1v) is 7.73. The summed E-state index contributed by atoms with van der Waals surface area (Å²) in [7, 11) is 0. The molecule has 1 amide bonds. The summed E-state index contributed by atoms with van der Waals surface area (Å²) in [5.74, 6) is -0.105. The van der Waals surface area contributed by atoms with Gasteiger partial charge in [0.25, 0.3) is 5.91 Å². The quantitative estimate of drug-likeness (QED) is 0.778. The lowest BCUT2D eigenvalue weighted by Crippen LogP contribution is -2.39. The first-order chi connectivity index (χ1) is 9.42. The molecule has 1 aromatic rings. The minimum Gasteiger partial charge on any atom is -0.399 e. The third-order valence-corrected chi connectivity index (χ3v) is 4.22. The number of carbonyl (C=O) groups is 1. The fourth-order valence-corrected chi connectivity index (χ4v) is 2.41. The van der Waals surface area contributed by atoms with E-state index >= 15 is 0 Å². The van der Waals surface area contributed by atoms with Crippen LogP contribution in [0.3, 0.4) is 0 Å². The van der Waals surface area contributed by atoms with Crippen LogP contribution in [0.4, 0.5) is 5.69 Å². The Morgan fingerprint density at radius 2 is 2.00 bits per heavy atom. The van der Waals surface area contributed by atoms with Crippen LogP contribution in [0, 0.1) is 0 Å². The third-order valence-electron chi connectivity index (χ3n) is 3.42. The highest BCUT2D eigenvalue weighted by atomic mass is 35.5. The highest BCUT2D eigenvalue weighted by Gasteiger charge is 2.23. The normalized spacial score (nSPS) is 12.2. The van der Waals surface area contributed by atoms with Gasteiger partial charge in [-0.15, -0.1) is 0 Å². The molecule has 3 nitrogen and oxygen atoms in total. The van der Waals surface area contributed by atoms with Crippen molar-refractivity contribution < 1.29 is 4.79 Å². The van der Waals surface area contributed by atoms with E-state index in [9.17, 15) is 4.79 Å². The maximum atomic E-state index is 12.7. The van der Waals surface area contributed by atoms with Crippen molar-refractivity contribution in [3.8, 4) is 0 Å². The lowest BCUT2D eigenvalue weighted by atomic mass is 10.1. The molecule has 1 unspecified atom stereocenters. The van der Waals surface area contributed by atoms with E-state index < -0.39 is 0 Å². The molecule has 0 saturated heterocycles. The first kappa shape index (κ1) is 17.1. The maximum absolute atomic E-state index is 12.7. The van der Waals surface area contributed by atoms with E-state index in [1.165, 1.54) is 0 Å². The van der Waals surface area contributed by atoms with Gasteiger partial charge in [0.15, 0.2) is 0 Å². The number of hydrogen-bond donors (Lipinski definition) is 1. The van der Waals surface area contributed by atoms with Crippen LogP contribution in [-0.4, -0.2) is 23.4 Å². The van der Waals surface area contributed by atoms with Crippen molar-refractivity contribution in [2.45, 2.75) is 46.1 Å². The number of nitrogen functional groups attached to an aromatic ring is 1. The molecule has 0 radical (unpaired) electrons. The molecule has 0 heterocycles. The minimum absolute atomic E-state index is 0.105. The van der Waals surface area contributed by atoms with Crippen molar-refractivity contribution in [3.63, 3.8) is 0 Å². The average Bonchev–Trinajstić information content (AvgIpc) is 2.42. The van der Waals surface area contributed by atoms with E-state index in [2.05, 4.69) is 13.8 Å². The first-order valence-electron chi connectivity index (χ1n) is 6.97. The lowest BCUT2D eigenvalue weighted by Gasteiger charge is -2.29. The smallest absolute Gasteiger partial charge is 0.255 e. The van der Waals surface area contributed by atoms with Crippen molar-refractivity contribution in [1.82, 2.24) is 4.90 Å². The molecule has 2 N–H and O–H groups in total. The highest BCUT2D eigenvalue weighted by molar-refractivity contribution is 6.44. The number of benzene rings is 1. The summed E-state index contributed by atoms with van der Waals surface area (Å²) in [5.41, 5.74) is 6.59. The molecule has 0 saturated carbocycles. The number of nitrogens with zero attached hydrogens (tertiary/aromatic N) is 1. The minimum atomic E-state index is -0.105. The van der Waals surface area contributed by atoms with Crippen molar-refractivity contribution >= 4 is 34.8 Å². The summed E-state index contributed by atoms with van der Waals surface area (Å²) in [4.78, 5) is 14.6. The second-order valence-corrected chi connectivity index (χ2v) is 5.76. The van der Waals surface area contributed by atoms with E-state index in [1.54, 1.807) is 12.1 Å². The summed E-state index contributed by atoms with van der Waals surface area (Å²) in [6.45, 7) is 6.91. The number of hydrogen-bond acceptors (Lipinski definition) is 2. The lowest BCUT2D eigenvalue weighted by molar-refractivity contribution is 0.0685. The molecule has 1 aromatic carbocycles. The maximum Gasteiger partial charge on any atom is 0.255 e. The number of amides is 1. The van der Waals surface area contributed by atoms with Crippen LogP contribution in [0.15, 0.2) is 12.1 Å². The van der Waals surface area contributed by atoms with E-state index in [0.29, 0.717) is 22.8 Å². The average molecular weight is 317 g/mol. The second kappa shape index (κ2) is 7.75.